The summed E-state index contributed by atoms with van der Waals surface area (Å²) in [6.07, 6.45) is 7.69. The van der Waals surface area contributed by atoms with Gasteiger partial charge in [0.1, 0.15) is 0 Å². The molecule has 0 radical (unpaired) electrons. The Morgan fingerprint density at radius 2 is 1.79 bits per heavy atom. The number of halogens is 1. The molecule has 0 aromatic carbocycles. The zero-order valence-electron chi connectivity index (χ0n) is 11.0. The average Bonchev–Trinajstić information content (AvgIpc) is 2.62. The first-order valence-corrected chi connectivity index (χ1v) is 9.32. The minimum Gasteiger partial charge on any atom is -0.229 e. The van der Waals surface area contributed by atoms with Gasteiger partial charge >= 0.3 is 0 Å². The van der Waals surface area contributed by atoms with Crippen LogP contribution in [-0.2, 0) is 10.0 Å². The molecule has 1 aromatic heterocycles. The third-order valence-corrected chi connectivity index (χ3v) is 6.79. The summed E-state index contributed by atoms with van der Waals surface area (Å²) in [6, 6.07) is 0.0468. The van der Waals surface area contributed by atoms with E-state index in [0.29, 0.717) is 5.69 Å². The van der Waals surface area contributed by atoms with E-state index in [-0.39, 0.29) is 14.7 Å². The van der Waals surface area contributed by atoms with Gasteiger partial charge in [-0.15, -0.1) is 0 Å². The number of thiazole rings is 1. The van der Waals surface area contributed by atoms with Crippen molar-refractivity contribution in [2.75, 3.05) is 0 Å². The summed E-state index contributed by atoms with van der Waals surface area (Å²) in [5, 5.41) is 0. The highest BCUT2D eigenvalue weighted by atomic mass is 35.5. The van der Waals surface area contributed by atoms with Crippen LogP contribution in [-0.4, -0.2) is 19.4 Å². The number of hydrogen-bond acceptors (Lipinski definition) is 4. The summed E-state index contributed by atoms with van der Waals surface area (Å²) in [4.78, 5) is 3.97. The average molecular weight is 323 g/mol. The molecule has 0 atom stereocenters. The van der Waals surface area contributed by atoms with E-state index < -0.39 is 10.0 Å². The van der Waals surface area contributed by atoms with Crippen LogP contribution in [0.3, 0.4) is 0 Å². The Balaban J connectivity index is 2.09. The number of aromatic nitrogens is 1. The fourth-order valence-electron chi connectivity index (χ4n) is 2.45. The lowest BCUT2D eigenvalue weighted by atomic mass is 9.97. The van der Waals surface area contributed by atoms with Crippen LogP contribution in [0.25, 0.3) is 0 Å². The second kappa shape index (κ2) is 6.52. The number of nitrogens with one attached hydrogen (secondary N) is 1. The summed E-state index contributed by atoms with van der Waals surface area (Å²) in [7, 11) is -3.48. The highest BCUT2D eigenvalue weighted by Crippen LogP contribution is 2.27. The van der Waals surface area contributed by atoms with E-state index >= 15 is 0 Å². The second-order valence-electron chi connectivity index (χ2n) is 5.00. The fourth-order valence-corrected chi connectivity index (χ4v) is 5.51. The summed E-state index contributed by atoms with van der Waals surface area (Å²) in [5.41, 5.74) is 0.480. The molecule has 1 aliphatic carbocycles. The number of rotatable bonds is 3. The molecular formula is C12H19ClN2O2S2. The highest BCUT2D eigenvalue weighted by Gasteiger charge is 2.25. The van der Waals surface area contributed by atoms with Crippen molar-refractivity contribution in [1.29, 1.82) is 0 Å². The standard InChI is InChI=1S/C12H19ClN2O2S2/c1-9-11(18-12(13)14-9)19(16,17)15-10-7-5-3-2-4-6-8-10/h10,15H,2-8H2,1H3. The van der Waals surface area contributed by atoms with E-state index in [0.717, 1.165) is 37.0 Å². The van der Waals surface area contributed by atoms with Crippen molar-refractivity contribution < 1.29 is 8.42 Å². The van der Waals surface area contributed by atoms with Gasteiger partial charge in [0.2, 0.25) is 0 Å². The SMILES string of the molecule is Cc1nc(Cl)sc1S(=O)(=O)NC1CCCCCCC1. The largest absolute Gasteiger partial charge is 0.252 e. The third-order valence-electron chi connectivity index (χ3n) is 3.40. The van der Waals surface area contributed by atoms with E-state index in [2.05, 4.69) is 9.71 Å². The van der Waals surface area contributed by atoms with Gasteiger partial charge < -0.3 is 0 Å². The summed E-state index contributed by atoms with van der Waals surface area (Å²) < 4.78 is 28.0. The van der Waals surface area contributed by atoms with Crippen LogP contribution in [0.1, 0.15) is 50.6 Å². The van der Waals surface area contributed by atoms with Gasteiger partial charge in [-0.3, -0.25) is 0 Å². The Hall–Kier alpha value is -0.170. The quantitative estimate of drug-likeness (QED) is 0.926. The topological polar surface area (TPSA) is 59.1 Å². The van der Waals surface area contributed by atoms with E-state index in [1.807, 2.05) is 0 Å². The molecule has 1 aromatic rings. The van der Waals surface area contributed by atoms with Crippen molar-refractivity contribution >= 4 is 33.0 Å². The van der Waals surface area contributed by atoms with E-state index in [9.17, 15) is 8.42 Å². The summed E-state index contributed by atoms with van der Waals surface area (Å²) in [6.45, 7) is 1.68. The Morgan fingerprint density at radius 1 is 1.21 bits per heavy atom. The minimum atomic E-state index is -3.48. The van der Waals surface area contributed by atoms with Gasteiger partial charge in [-0.25, -0.2) is 18.1 Å². The predicted octanol–water partition coefficient (Wildman–Crippen LogP) is 3.50. The Bertz CT molecular complexity index is 520. The number of aryl methyl sites for hydroxylation is 1. The van der Waals surface area contributed by atoms with Gasteiger partial charge in [0.25, 0.3) is 10.0 Å². The van der Waals surface area contributed by atoms with Gasteiger partial charge in [-0.05, 0) is 19.8 Å². The normalized spacial score (nSPS) is 19.1. The lowest BCUT2D eigenvalue weighted by molar-refractivity contribution is 0.426. The first kappa shape index (κ1) is 15.2. The molecule has 2 rings (SSSR count). The molecule has 19 heavy (non-hydrogen) atoms. The van der Waals surface area contributed by atoms with Crippen molar-refractivity contribution in [3.05, 3.63) is 10.2 Å². The molecule has 0 aliphatic heterocycles. The zero-order chi connectivity index (χ0) is 13.9. The molecule has 0 unspecified atom stereocenters. The number of nitrogens with zero attached hydrogens (tertiary/aromatic N) is 1. The third kappa shape index (κ3) is 4.15. The van der Waals surface area contributed by atoms with Crippen LogP contribution in [0.15, 0.2) is 4.21 Å². The first-order chi connectivity index (χ1) is 8.99. The summed E-state index contributed by atoms with van der Waals surface area (Å²) in [5.74, 6) is 0. The van der Waals surface area contributed by atoms with E-state index in [4.69, 9.17) is 11.6 Å². The van der Waals surface area contributed by atoms with Crippen LogP contribution in [0, 0.1) is 6.92 Å². The second-order valence-corrected chi connectivity index (χ2v) is 8.49. The maximum atomic E-state index is 12.3. The molecule has 1 fully saturated rings. The molecule has 1 heterocycles. The Labute approximate surface area is 123 Å². The Kier molecular flexibility index (Phi) is 5.22. The maximum Gasteiger partial charge on any atom is 0.252 e. The van der Waals surface area contributed by atoms with Crippen molar-refractivity contribution in [3.8, 4) is 0 Å². The van der Waals surface area contributed by atoms with Crippen molar-refractivity contribution in [1.82, 2.24) is 9.71 Å². The molecule has 7 heteroatoms. The molecule has 0 bridgehead atoms. The van der Waals surface area contributed by atoms with Crippen LogP contribution in [0.5, 0.6) is 0 Å². The molecule has 1 N–H and O–H groups in total. The maximum absolute atomic E-state index is 12.3. The predicted molar refractivity (Wildman–Crippen MR) is 78.3 cm³/mol. The molecule has 4 nitrogen and oxygen atoms in total. The van der Waals surface area contributed by atoms with Gasteiger partial charge in [0, 0.05) is 6.04 Å². The smallest absolute Gasteiger partial charge is 0.229 e. The number of hydrogen-bond donors (Lipinski definition) is 1. The van der Waals surface area contributed by atoms with Crippen molar-refractivity contribution in [2.45, 2.75) is 62.1 Å². The first-order valence-electron chi connectivity index (χ1n) is 6.64. The lowest BCUT2D eigenvalue weighted by Crippen LogP contribution is -2.35. The van der Waals surface area contributed by atoms with Gasteiger partial charge in [-0.1, -0.05) is 55.0 Å². The molecular weight excluding hydrogens is 304 g/mol. The Morgan fingerprint density at radius 3 is 2.32 bits per heavy atom. The minimum absolute atomic E-state index is 0.0468. The molecule has 0 amide bonds. The van der Waals surface area contributed by atoms with Crippen LogP contribution in [0.2, 0.25) is 4.47 Å². The van der Waals surface area contributed by atoms with Crippen LogP contribution >= 0.6 is 22.9 Å². The van der Waals surface area contributed by atoms with Gasteiger partial charge in [0.15, 0.2) is 8.68 Å². The van der Waals surface area contributed by atoms with Crippen molar-refractivity contribution in [3.63, 3.8) is 0 Å². The lowest BCUT2D eigenvalue weighted by Gasteiger charge is -2.20. The molecule has 0 saturated heterocycles. The molecule has 0 spiro atoms. The molecule has 1 aliphatic rings. The molecule has 108 valence electrons. The van der Waals surface area contributed by atoms with Crippen LogP contribution < -0.4 is 4.72 Å². The zero-order valence-corrected chi connectivity index (χ0v) is 13.4. The highest BCUT2D eigenvalue weighted by molar-refractivity contribution is 7.91. The number of sulfonamides is 1. The van der Waals surface area contributed by atoms with Gasteiger partial charge in [-0.2, -0.15) is 0 Å². The molecule has 1 saturated carbocycles. The van der Waals surface area contributed by atoms with E-state index in [1.165, 1.54) is 19.3 Å². The fraction of sp³-hybridized carbons (Fsp3) is 0.750. The van der Waals surface area contributed by atoms with Crippen molar-refractivity contribution in [2.24, 2.45) is 0 Å². The van der Waals surface area contributed by atoms with E-state index in [1.54, 1.807) is 6.92 Å². The van der Waals surface area contributed by atoms with Crippen LogP contribution in [0.4, 0.5) is 0 Å². The monoisotopic (exact) mass is 322 g/mol. The van der Waals surface area contributed by atoms with Gasteiger partial charge in [0.05, 0.1) is 5.69 Å². The summed E-state index contributed by atoms with van der Waals surface area (Å²) >= 11 is 6.80.